The molecular formula is C17H16N4O3S. The van der Waals surface area contributed by atoms with Gasteiger partial charge in [0, 0.05) is 5.56 Å². The van der Waals surface area contributed by atoms with Crippen molar-refractivity contribution in [2.24, 2.45) is 5.73 Å². The summed E-state index contributed by atoms with van der Waals surface area (Å²) in [5.74, 6) is 1.99. The van der Waals surface area contributed by atoms with E-state index in [-0.39, 0.29) is 0 Å². The molecule has 8 heteroatoms. The Kier molecular flexibility index (Phi) is 3.90. The average molecular weight is 356 g/mol. The molecule has 0 amide bonds. The van der Waals surface area contributed by atoms with Gasteiger partial charge in [0.25, 0.3) is 0 Å². The number of hydrogen-bond donors (Lipinski definition) is 1. The smallest absolute Gasteiger partial charge is 0.212 e. The number of furan rings is 1. The molecule has 1 aromatic carbocycles. The number of nitrogens with zero attached hydrogens (tertiary/aromatic N) is 3. The number of rotatable bonds is 5. The molecule has 128 valence electrons. The van der Waals surface area contributed by atoms with Crippen LogP contribution in [0.4, 0.5) is 0 Å². The minimum Gasteiger partial charge on any atom is -0.493 e. The first-order valence-corrected chi connectivity index (χ1v) is 8.38. The number of fused-ring (bicyclic) bond motifs is 1. The number of benzene rings is 1. The molecule has 3 heterocycles. The van der Waals surface area contributed by atoms with Crippen LogP contribution in [0, 0.1) is 0 Å². The van der Waals surface area contributed by atoms with Gasteiger partial charge in [0.15, 0.2) is 11.5 Å². The Bertz CT molecular complexity index is 1010. The second-order valence-corrected chi connectivity index (χ2v) is 6.33. The number of hydrogen-bond acceptors (Lipinski definition) is 7. The summed E-state index contributed by atoms with van der Waals surface area (Å²) < 4.78 is 17.8. The van der Waals surface area contributed by atoms with Gasteiger partial charge in [-0.15, -0.1) is 0 Å². The van der Waals surface area contributed by atoms with E-state index in [2.05, 4.69) is 10.1 Å². The van der Waals surface area contributed by atoms with Crippen molar-refractivity contribution in [3.8, 4) is 22.8 Å². The first-order valence-electron chi connectivity index (χ1n) is 7.57. The quantitative estimate of drug-likeness (QED) is 0.591. The van der Waals surface area contributed by atoms with Crippen LogP contribution in [0.1, 0.15) is 16.8 Å². The van der Waals surface area contributed by atoms with Gasteiger partial charge in [0.05, 0.1) is 32.4 Å². The van der Waals surface area contributed by atoms with E-state index in [4.69, 9.17) is 19.6 Å². The van der Waals surface area contributed by atoms with E-state index in [1.165, 1.54) is 11.3 Å². The molecule has 4 rings (SSSR count). The van der Waals surface area contributed by atoms with Crippen LogP contribution in [0.5, 0.6) is 11.5 Å². The fourth-order valence-corrected chi connectivity index (χ4v) is 3.50. The van der Waals surface area contributed by atoms with Gasteiger partial charge in [-0.3, -0.25) is 0 Å². The van der Waals surface area contributed by atoms with E-state index in [9.17, 15) is 0 Å². The summed E-state index contributed by atoms with van der Waals surface area (Å²) in [5, 5.41) is 5.35. The van der Waals surface area contributed by atoms with E-state index in [1.54, 1.807) is 31.2 Å². The predicted octanol–water partition coefficient (Wildman–Crippen LogP) is 3.12. The molecule has 0 aliphatic rings. The SMILES string of the molecule is COc1ccc(-c2cnc3sc(C(N)c4ccco4)nn23)cc1OC. The Hall–Kier alpha value is -2.84. The molecule has 7 nitrogen and oxygen atoms in total. The van der Waals surface area contributed by atoms with E-state index in [0.717, 1.165) is 21.2 Å². The summed E-state index contributed by atoms with van der Waals surface area (Å²) in [6.07, 6.45) is 3.38. The monoisotopic (exact) mass is 356 g/mol. The highest BCUT2D eigenvalue weighted by atomic mass is 32.1. The van der Waals surface area contributed by atoms with Gasteiger partial charge in [0.1, 0.15) is 16.8 Å². The zero-order valence-corrected chi connectivity index (χ0v) is 14.5. The molecule has 0 aliphatic carbocycles. The first kappa shape index (κ1) is 15.7. The van der Waals surface area contributed by atoms with Crippen molar-refractivity contribution in [1.29, 1.82) is 0 Å². The largest absolute Gasteiger partial charge is 0.493 e. The predicted molar refractivity (Wildman–Crippen MR) is 94.1 cm³/mol. The van der Waals surface area contributed by atoms with Gasteiger partial charge in [-0.05, 0) is 30.3 Å². The molecule has 0 saturated carbocycles. The van der Waals surface area contributed by atoms with Crippen LogP contribution in [0.25, 0.3) is 16.2 Å². The third-order valence-electron chi connectivity index (χ3n) is 3.90. The van der Waals surface area contributed by atoms with Gasteiger partial charge >= 0.3 is 0 Å². The summed E-state index contributed by atoms with van der Waals surface area (Å²) in [4.78, 5) is 5.20. The Morgan fingerprint density at radius 2 is 2.04 bits per heavy atom. The summed E-state index contributed by atoms with van der Waals surface area (Å²) in [6.45, 7) is 0. The van der Waals surface area contributed by atoms with Crippen LogP contribution in [0.3, 0.4) is 0 Å². The van der Waals surface area contributed by atoms with Gasteiger partial charge in [-0.25, -0.2) is 9.50 Å². The summed E-state index contributed by atoms with van der Waals surface area (Å²) >= 11 is 1.44. The second-order valence-electron chi connectivity index (χ2n) is 5.34. The lowest BCUT2D eigenvalue weighted by molar-refractivity contribution is 0.355. The van der Waals surface area contributed by atoms with E-state index < -0.39 is 6.04 Å². The number of imidazole rings is 1. The van der Waals surface area contributed by atoms with Crippen LogP contribution < -0.4 is 15.2 Å². The van der Waals surface area contributed by atoms with Crippen molar-refractivity contribution in [2.45, 2.75) is 6.04 Å². The first-order chi connectivity index (χ1) is 12.2. The Labute approximate surface area is 147 Å². The highest BCUT2D eigenvalue weighted by Crippen LogP contribution is 2.34. The highest BCUT2D eigenvalue weighted by Gasteiger charge is 2.20. The maximum atomic E-state index is 6.23. The maximum Gasteiger partial charge on any atom is 0.212 e. The standard InChI is InChI=1S/C17H16N4O3S/c1-22-12-6-5-10(8-14(12)23-2)11-9-19-17-21(11)20-16(25-17)15(18)13-4-3-7-24-13/h3-9,15H,18H2,1-2H3. The molecule has 0 spiro atoms. The molecule has 4 aromatic rings. The van der Waals surface area contributed by atoms with Crippen molar-refractivity contribution in [3.05, 3.63) is 53.6 Å². The van der Waals surface area contributed by atoms with Crippen LogP contribution in [-0.4, -0.2) is 28.8 Å². The summed E-state index contributed by atoms with van der Waals surface area (Å²) in [6, 6.07) is 8.92. The third kappa shape index (κ3) is 2.65. The van der Waals surface area contributed by atoms with Crippen LogP contribution in [0.2, 0.25) is 0 Å². The normalized spacial score (nSPS) is 12.4. The molecule has 0 radical (unpaired) electrons. The van der Waals surface area contributed by atoms with E-state index in [1.807, 2.05) is 30.3 Å². The summed E-state index contributed by atoms with van der Waals surface area (Å²) in [5.41, 5.74) is 8.01. The molecule has 1 unspecified atom stereocenters. The van der Waals surface area contributed by atoms with Crippen molar-refractivity contribution >= 4 is 16.3 Å². The number of methoxy groups -OCH3 is 2. The number of ether oxygens (including phenoxy) is 2. The lowest BCUT2D eigenvalue weighted by Gasteiger charge is -2.08. The molecule has 0 saturated heterocycles. The highest BCUT2D eigenvalue weighted by molar-refractivity contribution is 7.16. The fraction of sp³-hybridized carbons (Fsp3) is 0.176. The lowest BCUT2D eigenvalue weighted by atomic mass is 10.1. The summed E-state index contributed by atoms with van der Waals surface area (Å²) in [7, 11) is 3.22. The van der Waals surface area contributed by atoms with Gasteiger partial charge in [-0.1, -0.05) is 11.3 Å². The average Bonchev–Trinajstić information content (AvgIpc) is 3.36. The van der Waals surface area contributed by atoms with Crippen LogP contribution in [0.15, 0.2) is 47.2 Å². The van der Waals surface area contributed by atoms with Crippen molar-refractivity contribution < 1.29 is 13.9 Å². The Morgan fingerprint density at radius 1 is 1.20 bits per heavy atom. The fourth-order valence-electron chi connectivity index (χ4n) is 2.62. The topological polar surface area (TPSA) is 87.8 Å². The van der Waals surface area contributed by atoms with Gasteiger partial charge in [-0.2, -0.15) is 5.10 Å². The van der Waals surface area contributed by atoms with E-state index >= 15 is 0 Å². The Balaban J connectivity index is 1.76. The molecule has 2 N–H and O–H groups in total. The number of nitrogens with two attached hydrogens (primary N) is 1. The Morgan fingerprint density at radius 3 is 2.76 bits per heavy atom. The number of aromatic nitrogens is 3. The molecule has 25 heavy (non-hydrogen) atoms. The lowest BCUT2D eigenvalue weighted by Crippen LogP contribution is -2.11. The molecular weight excluding hydrogens is 340 g/mol. The zero-order chi connectivity index (χ0) is 17.4. The molecule has 0 aliphatic heterocycles. The molecule has 1 atom stereocenters. The van der Waals surface area contributed by atoms with Crippen LogP contribution in [-0.2, 0) is 0 Å². The van der Waals surface area contributed by atoms with E-state index in [0.29, 0.717) is 17.3 Å². The second kappa shape index (κ2) is 6.23. The minimum absolute atomic E-state index is 0.417. The van der Waals surface area contributed by atoms with Gasteiger partial charge < -0.3 is 19.6 Å². The third-order valence-corrected chi connectivity index (χ3v) is 4.90. The van der Waals surface area contributed by atoms with Crippen molar-refractivity contribution in [2.75, 3.05) is 14.2 Å². The maximum absolute atomic E-state index is 6.23. The van der Waals surface area contributed by atoms with Crippen LogP contribution >= 0.6 is 11.3 Å². The molecule has 0 fully saturated rings. The molecule has 0 bridgehead atoms. The minimum atomic E-state index is -0.417. The van der Waals surface area contributed by atoms with Crippen molar-refractivity contribution in [3.63, 3.8) is 0 Å². The molecule has 3 aromatic heterocycles. The zero-order valence-electron chi connectivity index (χ0n) is 13.7. The van der Waals surface area contributed by atoms with Gasteiger partial charge in [0.2, 0.25) is 4.96 Å². The van der Waals surface area contributed by atoms with Crippen molar-refractivity contribution in [1.82, 2.24) is 14.6 Å².